The van der Waals surface area contributed by atoms with Gasteiger partial charge in [0.25, 0.3) is 0 Å². The molecule has 3 heterocycles. The van der Waals surface area contributed by atoms with E-state index >= 15 is 0 Å². The number of hydrogen-bond acceptors (Lipinski definition) is 6. The molecule has 9 heteroatoms. The molecule has 2 atom stereocenters. The normalized spacial score (nSPS) is 19.4. The fourth-order valence-electron chi connectivity index (χ4n) is 3.51. The van der Waals surface area contributed by atoms with Crippen LogP contribution >= 0.6 is 23.2 Å². The smallest absolute Gasteiger partial charge is 0.331 e. The van der Waals surface area contributed by atoms with E-state index in [1.165, 1.54) is 0 Å². The topological polar surface area (TPSA) is 80.5 Å². The van der Waals surface area contributed by atoms with E-state index < -0.39 is 18.1 Å². The summed E-state index contributed by atoms with van der Waals surface area (Å²) < 4.78 is 6.99. The van der Waals surface area contributed by atoms with Gasteiger partial charge < -0.3 is 19.3 Å². The highest BCUT2D eigenvalue weighted by Gasteiger charge is 2.40. The van der Waals surface area contributed by atoms with Gasteiger partial charge in [-0.2, -0.15) is 0 Å². The number of anilines is 1. The van der Waals surface area contributed by atoms with E-state index in [0.717, 1.165) is 11.1 Å². The summed E-state index contributed by atoms with van der Waals surface area (Å²) in [4.78, 5) is 23.0. The first kappa shape index (κ1) is 19.0. The number of ether oxygens (including phenoxy) is 1. The van der Waals surface area contributed by atoms with Gasteiger partial charge in [-0.25, -0.2) is 14.8 Å². The average Bonchev–Trinajstić information content (AvgIpc) is 3.34. The molecular weight excluding hydrogens is 403 g/mol. The van der Waals surface area contributed by atoms with Crippen LogP contribution in [0.15, 0.2) is 36.9 Å². The summed E-state index contributed by atoms with van der Waals surface area (Å²) >= 11 is 12.6. The monoisotopic (exact) mass is 420 g/mol. The van der Waals surface area contributed by atoms with E-state index in [2.05, 4.69) is 9.97 Å². The zero-order chi connectivity index (χ0) is 19.8. The molecule has 1 aliphatic rings. The average molecular weight is 421 g/mol. The summed E-state index contributed by atoms with van der Waals surface area (Å²) in [7, 11) is 0. The van der Waals surface area contributed by atoms with Crippen LogP contribution in [0.5, 0.6) is 0 Å². The van der Waals surface area contributed by atoms with E-state index in [1.807, 2.05) is 22.9 Å². The molecule has 1 aromatic carbocycles. The maximum absolute atomic E-state index is 12.4. The number of rotatable bonds is 4. The van der Waals surface area contributed by atoms with Crippen LogP contribution in [0.1, 0.15) is 13.3 Å². The zero-order valence-electron chi connectivity index (χ0n) is 15.0. The van der Waals surface area contributed by atoms with Crippen molar-refractivity contribution in [3.63, 3.8) is 0 Å². The van der Waals surface area contributed by atoms with E-state index in [0.29, 0.717) is 34.3 Å². The Bertz CT molecular complexity index is 1030. The fourth-order valence-corrected chi connectivity index (χ4v) is 3.87. The van der Waals surface area contributed by atoms with Crippen molar-refractivity contribution in [2.75, 3.05) is 18.1 Å². The Morgan fingerprint density at radius 2 is 2.21 bits per heavy atom. The molecule has 28 heavy (non-hydrogen) atoms. The van der Waals surface area contributed by atoms with Gasteiger partial charge in [-0.3, -0.25) is 0 Å². The van der Waals surface area contributed by atoms with Crippen molar-refractivity contribution in [1.82, 2.24) is 14.5 Å². The Morgan fingerprint density at radius 3 is 2.93 bits per heavy atom. The van der Waals surface area contributed by atoms with Crippen LogP contribution in [0.4, 0.5) is 5.82 Å². The van der Waals surface area contributed by atoms with Gasteiger partial charge in [-0.05, 0) is 25.5 Å². The number of aliphatic hydroxyl groups is 1. The lowest BCUT2D eigenvalue weighted by atomic mass is 10.1. The summed E-state index contributed by atoms with van der Waals surface area (Å²) in [5.41, 5.74) is 1.31. The third-order valence-corrected chi connectivity index (χ3v) is 5.60. The molecule has 0 amide bonds. The lowest BCUT2D eigenvalue weighted by Gasteiger charge is -2.26. The van der Waals surface area contributed by atoms with Crippen molar-refractivity contribution in [1.29, 1.82) is 0 Å². The summed E-state index contributed by atoms with van der Waals surface area (Å²) in [6.07, 6.45) is 4.76. The number of imidazole rings is 1. The van der Waals surface area contributed by atoms with Gasteiger partial charge >= 0.3 is 5.97 Å². The summed E-state index contributed by atoms with van der Waals surface area (Å²) in [5.74, 6) is 0.0331. The zero-order valence-corrected chi connectivity index (χ0v) is 16.6. The van der Waals surface area contributed by atoms with Gasteiger partial charge in [0.15, 0.2) is 6.04 Å². The first-order valence-electron chi connectivity index (χ1n) is 8.89. The molecule has 1 N–H and O–H groups in total. The molecule has 0 aliphatic carbocycles. The molecule has 0 unspecified atom stereocenters. The van der Waals surface area contributed by atoms with Crippen molar-refractivity contribution >= 4 is 45.9 Å². The van der Waals surface area contributed by atoms with Gasteiger partial charge in [-0.1, -0.05) is 23.2 Å². The number of aliphatic hydroxyl groups excluding tert-OH is 1. The highest BCUT2D eigenvalue weighted by Crippen LogP contribution is 2.36. The van der Waals surface area contributed by atoms with E-state index in [4.69, 9.17) is 27.9 Å². The number of hydrogen-bond donors (Lipinski definition) is 1. The molecule has 0 saturated carbocycles. The fraction of sp³-hybridized carbons (Fsp3) is 0.316. The second kappa shape index (κ2) is 7.58. The molecule has 1 fully saturated rings. The SMILES string of the molecule is CCOC(=O)[C@@H]1[C@@H](O)CCN1c1cc(-n2ccnc2)c2ccc(Cl)c(Cl)c2n1. The van der Waals surface area contributed by atoms with Gasteiger partial charge in [0.1, 0.15) is 5.82 Å². The number of carbonyl (C=O) groups excluding carboxylic acids is 1. The molecule has 0 bridgehead atoms. The minimum Gasteiger partial charge on any atom is -0.464 e. The Morgan fingerprint density at radius 1 is 1.39 bits per heavy atom. The lowest BCUT2D eigenvalue weighted by molar-refractivity contribution is -0.146. The number of fused-ring (bicyclic) bond motifs is 1. The first-order chi connectivity index (χ1) is 13.5. The van der Waals surface area contributed by atoms with Crippen LogP contribution in [-0.2, 0) is 9.53 Å². The number of pyridine rings is 1. The van der Waals surface area contributed by atoms with Crippen molar-refractivity contribution < 1.29 is 14.6 Å². The Balaban J connectivity index is 1.90. The summed E-state index contributed by atoms with van der Waals surface area (Å²) in [5, 5.41) is 11.9. The summed E-state index contributed by atoms with van der Waals surface area (Å²) in [6.45, 7) is 2.43. The third kappa shape index (κ3) is 3.19. The van der Waals surface area contributed by atoms with Crippen LogP contribution in [0, 0.1) is 0 Å². The molecule has 7 nitrogen and oxygen atoms in total. The minimum absolute atomic E-state index is 0.239. The van der Waals surface area contributed by atoms with Crippen LogP contribution < -0.4 is 4.90 Å². The lowest BCUT2D eigenvalue weighted by Crippen LogP contribution is -2.43. The molecule has 3 aromatic rings. The number of nitrogens with zero attached hydrogens (tertiary/aromatic N) is 4. The van der Waals surface area contributed by atoms with Crippen molar-refractivity contribution in [3.05, 3.63) is 47.0 Å². The second-order valence-corrected chi connectivity index (χ2v) is 7.26. The highest BCUT2D eigenvalue weighted by atomic mass is 35.5. The van der Waals surface area contributed by atoms with Crippen LogP contribution in [0.25, 0.3) is 16.6 Å². The van der Waals surface area contributed by atoms with Crippen molar-refractivity contribution in [3.8, 4) is 5.69 Å². The standard InChI is InChI=1S/C19H18Cl2N4O3/c1-2-28-19(27)18-14(26)5-7-25(18)15-9-13(24-8-6-22-10-24)11-3-4-12(20)16(21)17(11)23-15/h3-4,6,8-10,14,18,26H,2,5,7H2,1H3/t14-,18-/m0/s1. The molecular formula is C19H18Cl2N4O3. The molecule has 2 aromatic heterocycles. The maximum Gasteiger partial charge on any atom is 0.331 e. The van der Waals surface area contributed by atoms with Gasteiger partial charge in [0.05, 0.1) is 40.3 Å². The van der Waals surface area contributed by atoms with Crippen molar-refractivity contribution in [2.45, 2.75) is 25.5 Å². The van der Waals surface area contributed by atoms with Crippen LogP contribution in [-0.4, -0.2) is 50.9 Å². The van der Waals surface area contributed by atoms with Crippen molar-refractivity contribution in [2.24, 2.45) is 0 Å². The highest BCUT2D eigenvalue weighted by molar-refractivity contribution is 6.45. The Labute approximate surface area is 171 Å². The predicted molar refractivity (Wildman–Crippen MR) is 107 cm³/mol. The molecule has 146 valence electrons. The number of aromatic nitrogens is 3. The van der Waals surface area contributed by atoms with Crippen LogP contribution in [0.3, 0.4) is 0 Å². The molecule has 4 rings (SSSR count). The number of carbonyl (C=O) groups is 1. The second-order valence-electron chi connectivity index (χ2n) is 6.47. The number of esters is 1. The molecule has 0 spiro atoms. The maximum atomic E-state index is 12.4. The van der Waals surface area contributed by atoms with Gasteiger partial charge in [0.2, 0.25) is 0 Å². The third-order valence-electron chi connectivity index (χ3n) is 4.81. The quantitative estimate of drug-likeness (QED) is 0.652. The summed E-state index contributed by atoms with van der Waals surface area (Å²) in [6, 6.07) is 4.59. The minimum atomic E-state index is -0.830. The molecule has 1 aliphatic heterocycles. The van der Waals surface area contributed by atoms with Crippen LogP contribution in [0.2, 0.25) is 10.0 Å². The van der Waals surface area contributed by atoms with E-state index in [1.54, 1.807) is 30.4 Å². The predicted octanol–water partition coefficient (Wildman–Crippen LogP) is 3.23. The Kier molecular flexibility index (Phi) is 5.14. The Hall–Kier alpha value is -2.35. The van der Waals surface area contributed by atoms with Gasteiger partial charge in [0, 0.05) is 30.4 Å². The molecule has 1 saturated heterocycles. The van der Waals surface area contributed by atoms with E-state index in [9.17, 15) is 9.90 Å². The van der Waals surface area contributed by atoms with Gasteiger partial charge in [-0.15, -0.1) is 0 Å². The number of benzene rings is 1. The largest absolute Gasteiger partial charge is 0.464 e. The molecule has 0 radical (unpaired) electrons. The first-order valence-corrected chi connectivity index (χ1v) is 9.65. The van der Waals surface area contributed by atoms with E-state index in [-0.39, 0.29) is 6.61 Å². The number of halogens is 2.